The van der Waals surface area contributed by atoms with Gasteiger partial charge < -0.3 is 14.1 Å². The fourth-order valence-corrected chi connectivity index (χ4v) is 2.18. The number of amidine groups is 1. The van der Waals surface area contributed by atoms with Crippen molar-refractivity contribution in [2.45, 2.75) is 33.6 Å². The van der Waals surface area contributed by atoms with Crippen LogP contribution in [0.3, 0.4) is 0 Å². The van der Waals surface area contributed by atoms with Crippen LogP contribution in [0.5, 0.6) is 0 Å². The van der Waals surface area contributed by atoms with Crippen molar-refractivity contribution in [3.8, 4) is 0 Å². The largest absolute Gasteiger partial charge is 0.465 e. The van der Waals surface area contributed by atoms with E-state index >= 15 is 0 Å². The number of carbonyl (C=O) groups is 1. The Hall–Kier alpha value is -1.78. The van der Waals surface area contributed by atoms with Gasteiger partial charge in [-0.2, -0.15) is 4.99 Å². The van der Waals surface area contributed by atoms with Crippen molar-refractivity contribution < 1.29 is 13.9 Å². The van der Waals surface area contributed by atoms with Gasteiger partial charge in [-0.05, 0) is 36.8 Å². The summed E-state index contributed by atoms with van der Waals surface area (Å²) < 4.78 is 10.9. The zero-order valence-electron chi connectivity index (χ0n) is 13.0. The Morgan fingerprint density at radius 1 is 1.48 bits per heavy atom. The SMILES string of the molecule is CC(C)COC(=NC(=O)c1ccco1)N1CCC(C)CC1. The summed E-state index contributed by atoms with van der Waals surface area (Å²) in [6.45, 7) is 8.70. The highest BCUT2D eigenvalue weighted by atomic mass is 16.5. The van der Waals surface area contributed by atoms with Gasteiger partial charge in [0.15, 0.2) is 5.76 Å². The van der Waals surface area contributed by atoms with E-state index in [9.17, 15) is 4.79 Å². The van der Waals surface area contributed by atoms with Crippen molar-refractivity contribution in [3.05, 3.63) is 24.2 Å². The van der Waals surface area contributed by atoms with Crippen molar-refractivity contribution in [3.63, 3.8) is 0 Å². The number of hydrogen-bond acceptors (Lipinski definition) is 3. The molecule has 0 saturated carbocycles. The van der Waals surface area contributed by atoms with Crippen LogP contribution in [0, 0.1) is 11.8 Å². The maximum atomic E-state index is 12.1. The van der Waals surface area contributed by atoms with Gasteiger partial charge in [-0.1, -0.05) is 20.8 Å². The monoisotopic (exact) mass is 292 g/mol. The Kier molecular flexibility index (Phi) is 5.42. The van der Waals surface area contributed by atoms with Crippen LogP contribution >= 0.6 is 0 Å². The second kappa shape index (κ2) is 7.29. The lowest BCUT2D eigenvalue weighted by atomic mass is 10.00. The first kappa shape index (κ1) is 15.6. The van der Waals surface area contributed by atoms with E-state index < -0.39 is 5.91 Å². The fraction of sp³-hybridized carbons (Fsp3) is 0.625. The second-order valence-electron chi connectivity index (χ2n) is 6.05. The quantitative estimate of drug-likeness (QED) is 0.634. The van der Waals surface area contributed by atoms with Gasteiger partial charge in [-0.25, -0.2) is 0 Å². The molecule has 0 N–H and O–H groups in total. The summed E-state index contributed by atoms with van der Waals surface area (Å²) in [5.41, 5.74) is 0. The molecule has 1 saturated heterocycles. The summed E-state index contributed by atoms with van der Waals surface area (Å²) in [5.74, 6) is 0.953. The summed E-state index contributed by atoms with van der Waals surface area (Å²) in [5, 5.41) is 0. The third-order valence-electron chi connectivity index (χ3n) is 3.53. The molecule has 1 fully saturated rings. The van der Waals surface area contributed by atoms with Crippen LogP contribution in [-0.2, 0) is 4.74 Å². The molecule has 1 aromatic heterocycles. The van der Waals surface area contributed by atoms with E-state index in [0.29, 0.717) is 24.5 Å². The van der Waals surface area contributed by atoms with Crippen LogP contribution in [0.25, 0.3) is 0 Å². The van der Waals surface area contributed by atoms with E-state index in [0.717, 1.165) is 25.9 Å². The maximum Gasteiger partial charge on any atom is 0.317 e. The average molecular weight is 292 g/mol. The zero-order valence-corrected chi connectivity index (χ0v) is 13.0. The summed E-state index contributed by atoms with van der Waals surface area (Å²) >= 11 is 0. The van der Waals surface area contributed by atoms with Crippen LogP contribution in [0.2, 0.25) is 0 Å². The topological polar surface area (TPSA) is 55.0 Å². The van der Waals surface area contributed by atoms with Gasteiger partial charge in [-0.15, -0.1) is 0 Å². The minimum Gasteiger partial charge on any atom is -0.465 e. The van der Waals surface area contributed by atoms with Crippen LogP contribution in [0.1, 0.15) is 44.2 Å². The molecule has 2 rings (SSSR count). The molecule has 0 bridgehead atoms. The van der Waals surface area contributed by atoms with Crippen molar-refractivity contribution >= 4 is 11.9 Å². The van der Waals surface area contributed by atoms with E-state index in [1.807, 2.05) is 0 Å². The van der Waals surface area contributed by atoms with Gasteiger partial charge >= 0.3 is 5.91 Å². The number of piperidine rings is 1. The minimum absolute atomic E-state index is 0.242. The molecule has 1 aliphatic rings. The van der Waals surface area contributed by atoms with E-state index in [-0.39, 0.29) is 5.76 Å². The number of aliphatic imine (C=N–C) groups is 1. The molecule has 5 heteroatoms. The molecule has 0 radical (unpaired) electrons. The number of ether oxygens (including phenoxy) is 1. The lowest BCUT2D eigenvalue weighted by Gasteiger charge is -2.32. The normalized spacial score (nSPS) is 17.3. The molecule has 0 aromatic carbocycles. The number of amides is 1. The molecule has 1 aliphatic heterocycles. The highest BCUT2D eigenvalue weighted by Gasteiger charge is 2.22. The minimum atomic E-state index is -0.391. The molecule has 5 nitrogen and oxygen atoms in total. The molecular formula is C16H24N2O3. The highest BCUT2D eigenvalue weighted by molar-refractivity contribution is 5.99. The van der Waals surface area contributed by atoms with Crippen molar-refractivity contribution in [1.82, 2.24) is 4.90 Å². The van der Waals surface area contributed by atoms with Crippen LogP contribution in [0.15, 0.2) is 27.8 Å². The summed E-state index contributed by atoms with van der Waals surface area (Å²) in [4.78, 5) is 18.3. The Morgan fingerprint density at radius 2 is 2.19 bits per heavy atom. The number of carbonyl (C=O) groups excluding carboxylic acids is 1. The molecule has 0 atom stereocenters. The zero-order chi connectivity index (χ0) is 15.2. The number of nitrogens with zero attached hydrogens (tertiary/aromatic N) is 2. The van der Waals surface area contributed by atoms with Gasteiger partial charge in [0.05, 0.1) is 12.9 Å². The van der Waals surface area contributed by atoms with Crippen LogP contribution < -0.4 is 0 Å². The highest BCUT2D eigenvalue weighted by Crippen LogP contribution is 2.17. The lowest BCUT2D eigenvalue weighted by molar-refractivity contribution is 0.0962. The summed E-state index contributed by atoms with van der Waals surface area (Å²) in [7, 11) is 0. The van der Waals surface area contributed by atoms with Crippen LogP contribution in [-0.4, -0.2) is 36.5 Å². The summed E-state index contributed by atoms with van der Waals surface area (Å²) in [6, 6.07) is 3.72. The first-order valence-electron chi connectivity index (χ1n) is 7.60. The number of rotatable bonds is 3. The van der Waals surface area contributed by atoms with Crippen molar-refractivity contribution in [1.29, 1.82) is 0 Å². The van der Waals surface area contributed by atoms with Crippen LogP contribution in [0.4, 0.5) is 0 Å². The maximum absolute atomic E-state index is 12.1. The Bertz CT molecular complexity index is 472. The lowest BCUT2D eigenvalue weighted by Crippen LogP contribution is -2.40. The van der Waals surface area contributed by atoms with Crippen molar-refractivity contribution in [2.24, 2.45) is 16.8 Å². The molecule has 2 heterocycles. The third kappa shape index (κ3) is 4.62. The molecular weight excluding hydrogens is 268 g/mol. The first-order valence-corrected chi connectivity index (χ1v) is 7.60. The average Bonchev–Trinajstić information content (AvgIpc) is 2.98. The number of hydrogen-bond donors (Lipinski definition) is 0. The van der Waals surface area contributed by atoms with E-state index in [2.05, 4.69) is 30.7 Å². The van der Waals surface area contributed by atoms with Gasteiger partial charge in [0, 0.05) is 13.1 Å². The molecule has 1 amide bonds. The smallest absolute Gasteiger partial charge is 0.317 e. The Labute approximate surface area is 126 Å². The van der Waals surface area contributed by atoms with Crippen molar-refractivity contribution in [2.75, 3.05) is 19.7 Å². The first-order chi connectivity index (χ1) is 10.1. The van der Waals surface area contributed by atoms with E-state index in [4.69, 9.17) is 9.15 Å². The fourth-order valence-electron chi connectivity index (χ4n) is 2.18. The number of likely N-dealkylation sites (tertiary alicyclic amines) is 1. The van der Waals surface area contributed by atoms with E-state index in [1.165, 1.54) is 6.26 Å². The third-order valence-corrected chi connectivity index (χ3v) is 3.53. The standard InChI is InChI=1S/C16H24N2O3/c1-12(2)11-21-16(18-8-6-13(3)7-9-18)17-15(19)14-5-4-10-20-14/h4-5,10,12-13H,6-9,11H2,1-3H3. The van der Waals surface area contributed by atoms with E-state index in [1.54, 1.807) is 12.1 Å². The predicted molar refractivity (Wildman–Crippen MR) is 81.2 cm³/mol. The molecule has 0 spiro atoms. The molecule has 0 unspecified atom stereocenters. The number of furan rings is 1. The van der Waals surface area contributed by atoms with Gasteiger partial charge in [0.1, 0.15) is 0 Å². The van der Waals surface area contributed by atoms with Gasteiger partial charge in [0.2, 0.25) is 0 Å². The van der Waals surface area contributed by atoms with Gasteiger partial charge in [-0.3, -0.25) is 4.79 Å². The molecule has 21 heavy (non-hydrogen) atoms. The molecule has 0 aliphatic carbocycles. The molecule has 1 aromatic rings. The Morgan fingerprint density at radius 3 is 2.76 bits per heavy atom. The van der Waals surface area contributed by atoms with Gasteiger partial charge in [0.25, 0.3) is 6.02 Å². The predicted octanol–water partition coefficient (Wildman–Crippen LogP) is 3.18. The second-order valence-corrected chi connectivity index (χ2v) is 6.05. The Balaban J connectivity index is 2.09. The molecule has 116 valence electrons. The summed E-state index contributed by atoms with van der Waals surface area (Å²) in [6.07, 6.45) is 3.66.